The van der Waals surface area contributed by atoms with E-state index >= 15 is 0 Å². The summed E-state index contributed by atoms with van der Waals surface area (Å²) in [5.41, 5.74) is 1.74. The molecule has 1 N–H and O–H groups in total. The molecule has 3 nitrogen and oxygen atoms in total. The van der Waals surface area contributed by atoms with Crippen molar-refractivity contribution in [1.29, 1.82) is 0 Å². The fraction of sp³-hybridized carbons (Fsp3) is 0.588. The first kappa shape index (κ1) is 14.9. The lowest BCUT2D eigenvalue weighted by molar-refractivity contribution is 0.0223. The van der Waals surface area contributed by atoms with E-state index in [1.807, 2.05) is 25.1 Å². The van der Waals surface area contributed by atoms with Crippen LogP contribution >= 0.6 is 11.6 Å². The molecule has 2 aliphatic rings. The maximum atomic E-state index is 13.0. The highest BCUT2D eigenvalue weighted by Crippen LogP contribution is 2.36. The Morgan fingerprint density at radius 2 is 2.05 bits per heavy atom. The van der Waals surface area contributed by atoms with Crippen molar-refractivity contribution >= 4 is 17.5 Å². The average molecular weight is 307 g/mol. The Bertz CT molecular complexity index is 529. The van der Waals surface area contributed by atoms with Crippen LogP contribution in [0.25, 0.3) is 0 Å². The van der Waals surface area contributed by atoms with Crippen molar-refractivity contribution in [3.63, 3.8) is 0 Å². The van der Waals surface area contributed by atoms with E-state index in [0.29, 0.717) is 10.6 Å². The Morgan fingerprint density at radius 1 is 1.29 bits per heavy atom. The predicted molar refractivity (Wildman–Crippen MR) is 85.9 cm³/mol. The number of rotatable bonds is 1. The van der Waals surface area contributed by atoms with Gasteiger partial charge >= 0.3 is 0 Å². The number of hydrogen-bond donors (Lipinski definition) is 1. The van der Waals surface area contributed by atoms with Gasteiger partial charge < -0.3 is 10.2 Å². The second-order valence-corrected chi connectivity index (χ2v) is 6.81. The highest BCUT2D eigenvalue weighted by Gasteiger charge is 2.42. The minimum atomic E-state index is 0.00178. The van der Waals surface area contributed by atoms with E-state index in [1.165, 1.54) is 19.3 Å². The zero-order valence-corrected chi connectivity index (χ0v) is 13.4. The van der Waals surface area contributed by atoms with E-state index in [0.717, 1.165) is 38.0 Å². The number of nitrogens with zero attached hydrogens (tertiary/aromatic N) is 1. The average Bonchev–Trinajstić information content (AvgIpc) is 2.48. The summed E-state index contributed by atoms with van der Waals surface area (Å²) in [4.78, 5) is 15.1. The van der Waals surface area contributed by atoms with Crippen molar-refractivity contribution in [2.75, 3.05) is 19.6 Å². The molecule has 1 aromatic carbocycles. The Balaban J connectivity index is 1.90. The minimum Gasteiger partial charge on any atom is -0.330 e. The van der Waals surface area contributed by atoms with Crippen molar-refractivity contribution in [3.8, 4) is 0 Å². The van der Waals surface area contributed by atoms with Gasteiger partial charge in [0.15, 0.2) is 0 Å². The number of benzene rings is 1. The molecule has 1 aliphatic carbocycles. The normalized spacial score (nSPS) is 21.5. The number of nitrogens with one attached hydrogen (secondary N) is 1. The maximum Gasteiger partial charge on any atom is 0.255 e. The molecule has 4 heteroatoms. The molecule has 0 atom stereocenters. The van der Waals surface area contributed by atoms with Crippen LogP contribution in [0.15, 0.2) is 18.2 Å². The quantitative estimate of drug-likeness (QED) is 0.862. The van der Waals surface area contributed by atoms with Crippen LogP contribution in [0.5, 0.6) is 0 Å². The van der Waals surface area contributed by atoms with E-state index < -0.39 is 0 Å². The standard InChI is InChI=1S/C17H23ClN2O/c1-13-5-6-14(15(18)11-13)16(21)20-10-9-19-12-17(20)7-3-2-4-8-17/h5-6,11,19H,2-4,7-10,12H2,1H3. The van der Waals surface area contributed by atoms with Gasteiger partial charge in [-0.3, -0.25) is 4.79 Å². The topological polar surface area (TPSA) is 32.3 Å². The van der Waals surface area contributed by atoms with Crippen molar-refractivity contribution < 1.29 is 4.79 Å². The summed E-state index contributed by atoms with van der Waals surface area (Å²) in [5, 5.41) is 4.05. The van der Waals surface area contributed by atoms with Crippen molar-refractivity contribution in [1.82, 2.24) is 10.2 Å². The Morgan fingerprint density at radius 3 is 2.76 bits per heavy atom. The number of carbonyl (C=O) groups excluding carboxylic acids is 1. The summed E-state index contributed by atoms with van der Waals surface area (Å²) in [5.74, 6) is 0.100. The van der Waals surface area contributed by atoms with E-state index in [2.05, 4.69) is 10.2 Å². The Hall–Kier alpha value is -1.06. The largest absolute Gasteiger partial charge is 0.330 e. The van der Waals surface area contributed by atoms with E-state index in [9.17, 15) is 4.79 Å². The molecular formula is C17H23ClN2O. The molecule has 1 aromatic rings. The minimum absolute atomic E-state index is 0.00178. The van der Waals surface area contributed by atoms with Crippen LogP contribution in [0.4, 0.5) is 0 Å². The third-order valence-corrected chi connectivity index (χ3v) is 5.24. The summed E-state index contributed by atoms with van der Waals surface area (Å²) in [6, 6.07) is 5.72. The zero-order valence-electron chi connectivity index (χ0n) is 12.6. The highest BCUT2D eigenvalue weighted by atomic mass is 35.5. The summed E-state index contributed by atoms with van der Waals surface area (Å²) >= 11 is 6.31. The fourth-order valence-corrected chi connectivity index (χ4v) is 4.07. The SMILES string of the molecule is Cc1ccc(C(=O)N2CCNCC23CCCCC3)c(Cl)c1. The lowest BCUT2D eigenvalue weighted by atomic mass is 9.78. The number of halogens is 1. The molecule has 1 aliphatic heterocycles. The molecule has 0 aromatic heterocycles. The van der Waals surface area contributed by atoms with Gasteiger partial charge in [0, 0.05) is 19.6 Å². The molecule has 1 saturated carbocycles. The van der Waals surface area contributed by atoms with E-state index in [-0.39, 0.29) is 11.4 Å². The lowest BCUT2D eigenvalue weighted by Gasteiger charge is -2.50. The molecule has 3 rings (SSSR count). The summed E-state index contributed by atoms with van der Waals surface area (Å²) in [6.45, 7) is 4.57. The summed E-state index contributed by atoms with van der Waals surface area (Å²) in [6.07, 6.45) is 5.93. The Kier molecular flexibility index (Phi) is 4.23. The van der Waals surface area contributed by atoms with Crippen LogP contribution in [0.2, 0.25) is 5.02 Å². The number of hydrogen-bond acceptors (Lipinski definition) is 2. The van der Waals surface area contributed by atoms with Gasteiger partial charge in [-0.25, -0.2) is 0 Å². The van der Waals surface area contributed by atoms with Gasteiger partial charge in [0.1, 0.15) is 0 Å². The highest BCUT2D eigenvalue weighted by molar-refractivity contribution is 6.33. The Labute approximate surface area is 131 Å². The number of piperazine rings is 1. The first-order chi connectivity index (χ1) is 10.1. The third-order valence-electron chi connectivity index (χ3n) is 4.92. The van der Waals surface area contributed by atoms with Crippen LogP contribution in [0.3, 0.4) is 0 Å². The second-order valence-electron chi connectivity index (χ2n) is 6.40. The molecule has 0 bridgehead atoms. The van der Waals surface area contributed by atoms with Gasteiger partial charge in [-0.05, 0) is 37.5 Å². The predicted octanol–water partition coefficient (Wildman–Crippen LogP) is 3.40. The van der Waals surface area contributed by atoms with E-state index in [4.69, 9.17) is 11.6 Å². The van der Waals surface area contributed by atoms with Crippen LogP contribution in [-0.2, 0) is 0 Å². The van der Waals surface area contributed by atoms with Crippen molar-refractivity contribution in [2.45, 2.75) is 44.6 Å². The lowest BCUT2D eigenvalue weighted by Crippen LogP contribution is -2.63. The first-order valence-electron chi connectivity index (χ1n) is 7.91. The molecule has 2 fully saturated rings. The summed E-state index contributed by atoms with van der Waals surface area (Å²) in [7, 11) is 0. The second kappa shape index (κ2) is 5.98. The third kappa shape index (κ3) is 2.82. The van der Waals surface area contributed by atoms with Crippen LogP contribution in [-0.4, -0.2) is 36.0 Å². The van der Waals surface area contributed by atoms with Crippen LogP contribution in [0, 0.1) is 6.92 Å². The van der Waals surface area contributed by atoms with Gasteiger partial charge in [0.05, 0.1) is 16.1 Å². The van der Waals surface area contributed by atoms with Crippen molar-refractivity contribution in [2.24, 2.45) is 0 Å². The molecule has 0 radical (unpaired) electrons. The van der Waals surface area contributed by atoms with Gasteiger partial charge in [0.25, 0.3) is 5.91 Å². The molecule has 21 heavy (non-hydrogen) atoms. The molecule has 1 saturated heterocycles. The molecule has 0 unspecified atom stereocenters. The fourth-order valence-electron chi connectivity index (χ4n) is 3.76. The maximum absolute atomic E-state index is 13.0. The van der Waals surface area contributed by atoms with Gasteiger partial charge in [-0.1, -0.05) is 36.9 Å². The number of amides is 1. The number of aryl methyl sites for hydroxylation is 1. The smallest absolute Gasteiger partial charge is 0.255 e. The molecule has 1 heterocycles. The van der Waals surface area contributed by atoms with Crippen LogP contribution < -0.4 is 5.32 Å². The molecular weight excluding hydrogens is 284 g/mol. The zero-order chi connectivity index (χ0) is 14.9. The molecule has 1 amide bonds. The van der Waals surface area contributed by atoms with Gasteiger partial charge in [-0.15, -0.1) is 0 Å². The molecule has 114 valence electrons. The van der Waals surface area contributed by atoms with Gasteiger partial charge in [-0.2, -0.15) is 0 Å². The van der Waals surface area contributed by atoms with Crippen molar-refractivity contribution in [3.05, 3.63) is 34.3 Å². The van der Waals surface area contributed by atoms with Gasteiger partial charge in [0.2, 0.25) is 0 Å². The van der Waals surface area contributed by atoms with E-state index in [1.54, 1.807) is 0 Å². The summed E-state index contributed by atoms with van der Waals surface area (Å²) < 4.78 is 0. The number of carbonyl (C=O) groups is 1. The molecule has 1 spiro atoms. The first-order valence-corrected chi connectivity index (χ1v) is 8.29. The monoisotopic (exact) mass is 306 g/mol. The van der Waals surface area contributed by atoms with Crippen LogP contribution in [0.1, 0.15) is 48.0 Å².